The highest BCUT2D eigenvalue weighted by atomic mass is 16.6. The van der Waals surface area contributed by atoms with Gasteiger partial charge in [-0.2, -0.15) is 0 Å². The van der Waals surface area contributed by atoms with Crippen molar-refractivity contribution in [2.45, 2.75) is 66.3 Å². The largest absolute Gasteiger partial charge is 0.481 e. The molecule has 0 heterocycles. The smallest absolute Gasteiger partial charge is 0.297 e. The summed E-state index contributed by atoms with van der Waals surface area (Å²) in [7, 11) is 4.19. The van der Waals surface area contributed by atoms with Crippen LogP contribution in [0, 0.1) is 17.0 Å². The molecule has 3 amide bonds. The Morgan fingerprint density at radius 1 is 1.17 bits per heavy atom. The molecule has 0 saturated heterocycles. The summed E-state index contributed by atoms with van der Waals surface area (Å²) in [6.07, 6.45) is 3.33. The van der Waals surface area contributed by atoms with Gasteiger partial charge in [-0.3, -0.25) is 29.4 Å². The third-order valence-corrected chi connectivity index (χ3v) is 5.16. The standard InChI is InChI=1S/C22H32N6O6.C2H6/c1-7-9-15(10-8-2)27(13-29)22(31)16-11-12-17(28(32)33)18(14(16)3)25-26-19(20(30)23-4)21(24-5)34-6;1-2/h11-13,15,24H,7-10H2,1-6H3,(H,23,30);1-2H3/b21-19-,26-25?;. The van der Waals surface area contributed by atoms with Gasteiger partial charge < -0.3 is 15.4 Å². The van der Waals surface area contributed by atoms with Gasteiger partial charge in [0.05, 0.1) is 12.0 Å². The minimum Gasteiger partial charge on any atom is -0.481 e. The van der Waals surface area contributed by atoms with Crippen LogP contribution in [0.1, 0.15) is 69.3 Å². The van der Waals surface area contributed by atoms with E-state index in [9.17, 15) is 24.5 Å². The van der Waals surface area contributed by atoms with Crippen LogP contribution < -0.4 is 10.6 Å². The van der Waals surface area contributed by atoms with E-state index in [-0.39, 0.29) is 34.4 Å². The highest BCUT2D eigenvalue weighted by Crippen LogP contribution is 2.35. The zero-order valence-corrected chi connectivity index (χ0v) is 22.4. The quantitative estimate of drug-likeness (QED) is 0.100. The molecule has 0 aliphatic heterocycles. The first-order valence-electron chi connectivity index (χ1n) is 11.9. The highest BCUT2D eigenvalue weighted by molar-refractivity contribution is 6.02. The Kier molecular flexibility index (Phi) is 15.0. The third kappa shape index (κ3) is 8.14. The van der Waals surface area contributed by atoms with Gasteiger partial charge in [-0.25, -0.2) is 0 Å². The molecule has 0 atom stereocenters. The molecule has 2 N–H and O–H groups in total. The van der Waals surface area contributed by atoms with E-state index in [0.717, 1.165) is 23.8 Å². The van der Waals surface area contributed by atoms with Crippen LogP contribution in [0.25, 0.3) is 0 Å². The Balaban J connectivity index is 0.00000596. The molecule has 0 radical (unpaired) electrons. The molecule has 36 heavy (non-hydrogen) atoms. The van der Waals surface area contributed by atoms with Gasteiger partial charge in [0.25, 0.3) is 17.5 Å². The molecule has 0 unspecified atom stereocenters. The first-order valence-corrected chi connectivity index (χ1v) is 11.9. The van der Waals surface area contributed by atoms with Gasteiger partial charge in [0, 0.05) is 31.8 Å². The molecule has 12 nitrogen and oxygen atoms in total. The number of azo groups is 1. The Hall–Kier alpha value is -3.83. The molecule has 1 aromatic rings. The summed E-state index contributed by atoms with van der Waals surface area (Å²) in [4.78, 5) is 49.4. The van der Waals surface area contributed by atoms with Gasteiger partial charge in [-0.05, 0) is 31.4 Å². The van der Waals surface area contributed by atoms with Gasteiger partial charge >= 0.3 is 0 Å². The second-order valence-electron chi connectivity index (χ2n) is 7.32. The van der Waals surface area contributed by atoms with Crippen LogP contribution in [0.4, 0.5) is 11.4 Å². The number of methoxy groups -OCH3 is 1. The van der Waals surface area contributed by atoms with Crippen LogP contribution in [-0.4, -0.2) is 55.3 Å². The number of nitrogens with one attached hydrogen (secondary N) is 2. The Morgan fingerprint density at radius 3 is 2.17 bits per heavy atom. The third-order valence-electron chi connectivity index (χ3n) is 5.16. The number of nitrogens with zero attached hydrogens (tertiary/aromatic N) is 4. The maximum Gasteiger partial charge on any atom is 0.297 e. The fourth-order valence-corrected chi connectivity index (χ4v) is 3.45. The van der Waals surface area contributed by atoms with E-state index < -0.39 is 22.4 Å². The van der Waals surface area contributed by atoms with E-state index in [1.807, 2.05) is 27.7 Å². The zero-order chi connectivity index (χ0) is 27.8. The van der Waals surface area contributed by atoms with Crippen molar-refractivity contribution in [3.05, 3.63) is 45.0 Å². The lowest BCUT2D eigenvalue weighted by Gasteiger charge is -2.27. The van der Waals surface area contributed by atoms with Crippen molar-refractivity contribution in [3.8, 4) is 0 Å². The molecule has 12 heteroatoms. The van der Waals surface area contributed by atoms with Crippen LogP contribution >= 0.6 is 0 Å². The predicted octanol–water partition coefficient (Wildman–Crippen LogP) is 4.36. The molecule has 0 aliphatic carbocycles. The number of amides is 3. The maximum atomic E-state index is 13.3. The van der Waals surface area contributed by atoms with Crippen molar-refractivity contribution in [2.24, 2.45) is 10.2 Å². The van der Waals surface area contributed by atoms with Crippen molar-refractivity contribution < 1.29 is 24.0 Å². The molecule has 0 aromatic heterocycles. The SMILES string of the molecule is CC.CCCC(CCC)N(C=O)C(=O)c1ccc([N+](=O)[O-])c(N=N/C(C(=O)NC)=C(/NC)OC)c1C. The Morgan fingerprint density at radius 2 is 1.75 bits per heavy atom. The number of carbonyl (C=O) groups excluding carboxylic acids is 3. The molecular weight excluding hydrogens is 468 g/mol. The van der Waals surface area contributed by atoms with Gasteiger partial charge in [0.1, 0.15) is 0 Å². The minimum atomic E-state index is -0.664. The average Bonchev–Trinajstić information content (AvgIpc) is 2.88. The van der Waals surface area contributed by atoms with Crippen molar-refractivity contribution in [2.75, 3.05) is 21.2 Å². The molecular formula is C24H38N6O6. The summed E-state index contributed by atoms with van der Waals surface area (Å²) in [5.41, 5.74) is -0.638. The fraction of sp³-hybridized carbons (Fsp3) is 0.542. The monoisotopic (exact) mass is 506 g/mol. The summed E-state index contributed by atoms with van der Waals surface area (Å²) in [6, 6.07) is 2.14. The normalized spacial score (nSPS) is 11.2. The lowest BCUT2D eigenvalue weighted by molar-refractivity contribution is -0.384. The Bertz CT molecular complexity index is 964. The molecule has 0 fully saturated rings. The van der Waals surface area contributed by atoms with Crippen LogP contribution in [0.3, 0.4) is 0 Å². The van der Waals surface area contributed by atoms with Crippen LogP contribution in [0.15, 0.2) is 33.9 Å². The lowest BCUT2D eigenvalue weighted by atomic mass is 10.0. The second-order valence-corrected chi connectivity index (χ2v) is 7.32. The number of ether oxygens (including phenoxy) is 1. The minimum absolute atomic E-state index is 0.00950. The number of carbonyl (C=O) groups is 3. The number of hydrogen-bond acceptors (Lipinski definition) is 9. The van der Waals surface area contributed by atoms with Gasteiger partial charge in [-0.1, -0.05) is 40.5 Å². The topological polar surface area (TPSA) is 156 Å². The van der Waals surface area contributed by atoms with E-state index >= 15 is 0 Å². The van der Waals surface area contributed by atoms with E-state index in [1.165, 1.54) is 34.2 Å². The number of hydrogen-bond donors (Lipinski definition) is 2. The van der Waals surface area contributed by atoms with Crippen molar-refractivity contribution >= 4 is 29.6 Å². The predicted molar refractivity (Wildman–Crippen MR) is 137 cm³/mol. The van der Waals surface area contributed by atoms with Crippen LogP contribution in [0.2, 0.25) is 0 Å². The van der Waals surface area contributed by atoms with Crippen molar-refractivity contribution in [1.29, 1.82) is 0 Å². The van der Waals surface area contributed by atoms with Gasteiger partial charge in [0.2, 0.25) is 18.0 Å². The number of imide groups is 1. The second kappa shape index (κ2) is 16.7. The average molecular weight is 507 g/mol. The van der Waals surface area contributed by atoms with Crippen LogP contribution in [-0.2, 0) is 14.3 Å². The summed E-state index contributed by atoms with van der Waals surface area (Å²) < 4.78 is 5.08. The molecule has 200 valence electrons. The molecule has 0 saturated carbocycles. The number of likely N-dealkylation sites (N-methyl/N-ethyl adjacent to an activating group) is 1. The first kappa shape index (κ1) is 32.2. The zero-order valence-electron chi connectivity index (χ0n) is 22.4. The molecule has 1 aromatic carbocycles. The molecule has 1 rings (SSSR count). The van der Waals surface area contributed by atoms with Gasteiger partial charge in [-0.15, -0.1) is 10.2 Å². The maximum absolute atomic E-state index is 13.3. The Labute approximate surface area is 212 Å². The van der Waals surface area contributed by atoms with Gasteiger partial charge in [0.15, 0.2) is 5.69 Å². The number of rotatable bonds is 13. The van der Waals surface area contributed by atoms with E-state index in [2.05, 4.69) is 20.9 Å². The van der Waals surface area contributed by atoms with E-state index in [1.54, 1.807) is 0 Å². The van der Waals surface area contributed by atoms with E-state index in [0.29, 0.717) is 19.3 Å². The molecule has 0 spiro atoms. The summed E-state index contributed by atoms with van der Waals surface area (Å²) in [5, 5.41) is 24.5. The molecule has 0 bridgehead atoms. The molecule has 0 aliphatic rings. The highest BCUT2D eigenvalue weighted by Gasteiger charge is 2.28. The summed E-state index contributed by atoms with van der Waals surface area (Å²) in [5.74, 6) is -1.23. The summed E-state index contributed by atoms with van der Waals surface area (Å²) in [6.45, 7) is 9.40. The lowest BCUT2D eigenvalue weighted by Crippen LogP contribution is -2.39. The number of nitro benzene ring substituents is 1. The first-order chi connectivity index (χ1) is 17.2. The number of benzene rings is 1. The van der Waals surface area contributed by atoms with Crippen LogP contribution in [0.5, 0.6) is 0 Å². The van der Waals surface area contributed by atoms with Crippen molar-refractivity contribution in [3.63, 3.8) is 0 Å². The summed E-state index contributed by atoms with van der Waals surface area (Å²) >= 11 is 0. The fourth-order valence-electron chi connectivity index (χ4n) is 3.45. The number of nitro groups is 1. The van der Waals surface area contributed by atoms with Crippen molar-refractivity contribution in [1.82, 2.24) is 15.5 Å². The van der Waals surface area contributed by atoms with E-state index in [4.69, 9.17) is 4.74 Å².